The summed E-state index contributed by atoms with van der Waals surface area (Å²) in [5.74, 6) is 0.611. The topological polar surface area (TPSA) is 143 Å². The summed E-state index contributed by atoms with van der Waals surface area (Å²) in [7, 11) is -0.991. The number of aromatic nitrogens is 6. The minimum absolute atomic E-state index is 0.00257. The molecule has 3 aromatic heterocycles. The van der Waals surface area contributed by atoms with Crippen molar-refractivity contribution in [2.75, 3.05) is 32.2 Å². The lowest BCUT2D eigenvalue weighted by Crippen LogP contribution is -2.35. The van der Waals surface area contributed by atoms with Crippen LogP contribution < -0.4 is 4.72 Å². The number of halogens is 1. The second-order valence-electron chi connectivity index (χ2n) is 8.75. The summed E-state index contributed by atoms with van der Waals surface area (Å²) in [4.78, 5) is 12.6. The predicted octanol–water partition coefficient (Wildman–Crippen LogP) is 3.22. The van der Waals surface area contributed by atoms with Gasteiger partial charge in [0.2, 0.25) is 16.0 Å². The number of anilines is 1. The molecule has 0 amide bonds. The Morgan fingerprint density at radius 3 is 2.24 bits per heavy atom. The molecule has 0 spiro atoms. The van der Waals surface area contributed by atoms with Crippen molar-refractivity contribution in [1.82, 2.24) is 29.7 Å². The molecule has 3 aromatic rings. The lowest BCUT2D eigenvalue weighted by atomic mass is 10.2. The van der Waals surface area contributed by atoms with Crippen LogP contribution in [0.5, 0.6) is 0 Å². The summed E-state index contributed by atoms with van der Waals surface area (Å²) in [6.07, 6.45) is 4.87. The molecule has 202 valence electrons. The van der Waals surface area contributed by atoms with E-state index in [1.807, 2.05) is 13.0 Å². The Hall–Kier alpha value is -2.71. The van der Waals surface area contributed by atoms with Gasteiger partial charge < -0.3 is 14.2 Å². The highest BCUT2D eigenvalue weighted by Crippen LogP contribution is 2.30. The van der Waals surface area contributed by atoms with Gasteiger partial charge in [0.15, 0.2) is 11.6 Å². The molecule has 0 radical (unpaired) electrons. The van der Waals surface area contributed by atoms with Crippen molar-refractivity contribution in [2.45, 2.75) is 51.2 Å². The Labute approximate surface area is 221 Å². The summed E-state index contributed by atoms with van der Waals surface area (Å²) in [6, 6.07) is 1.45. The summed E-state index contributed by atoms with van der Waals surface area (Å²) >= 11 is 5.92. The zero-order chi connectivity index (χ0) is 27.2. The highest BCUT2D eigenvalue weighted by atomic mass is 35.5. The van der Waals surface area contributed by atoms with Crippen LogP contribution in [-0.4, -0.2) is 76.9 Å². The summed E-state index contributed by atoms with van der Waals surface area (Å²) in [5, 5.41) is 7.68. The van der Waals surface area contributed by atoms with Gasteiger partial charge in [-0.05, 0) is 39.3 Å². The maximum atomic E-state index is 13.6. The van der Waals surface area contributed by atoms with Gasteiger partial charge in [0.1, 0.15) is 11.4 Å². The number of methoxy groups -OCH3 is 2. The number of hydrogen-bond donors (Lipinski definition) is 1. The van der Waals surface area contributed by atoms with E-state index in [0.717, 1.165) is 5.56 Å². The fourth-order valence-electron chi connectivity index (χ4n) is 3.69. The van der Waals surface area contributed by atoms with Crippen molar-refractivity contribution < 1.29 is 22.6 Å². The first-order valence-corrected chi connectivity index (χ1v) is 13.5. The third-order valence-electron chi connectivity index (χ3n) is 5.38. The first-order valence-electron chi connectivity index (χ1n) is 11.6. The molecule has 0 aliphatic heterocycles. The maximum absolute atomic E-state index is 13.6. The second-order valence-corrected chi connectivity index (χ2v) is 11.2. The van der Waals surface area contributed by atoms with Crippen molar-refractivity contribution in [3.63, 3.8) is 0 Å². The van der Waals surface area contributed by atoms with Crippen LogP contribution in [-0.2, 0) is 24.2 Å². The van der Waals surface area contributed by atoms with E-state index in [0.29, 0.717) is 16.4 Å². The van der Waals surface area contributed by atoms with E-state index in [1.165, 1.54) is 19.3 Å². The lowest BCUT2D eigenvalue weighted by molar-refractivity contribution is 0.00154. The zero-order valence-electron chi connectivity index (χ0n) is 21.6. The van der Waals surface area contributed by atoms with E-state index in [2.05, 4.69) is 29.9 Å². The molecule has 1 N–H and O–H groups in total. The van der Waals surface area contributed by atoms with E-state index in [1.54, 1.807) is 45.0 Å². The number of rotatable bonds is 13. The van der Waals surface area contributed by atoms with Crippen LogP contribution in [0.15, 0.2) is 30.9 Å². The van der Waals surface area contributed by atoms with E-state index >= 15 is 0 Å². The molecule has 2 atom stereocenters. The number of nitrogens with zero attached hydrogens (tertiary/aromatic N) is 6. The lowest BCUT2D eigenvalue weighted by Gasteiger charge is -2.26. The third kappa shape index (κ3) is 7.20. The van der Waals surface area contributed by atoms with Crippen LogP contribution in [0.1, 0.15) is 44.3 Å². The van der Waals surface area contributed by atoms with Gasteiger partial charge in [0.05, 0.1) is 30.4 Å². The SMILES string of the molecule is COCC(COC)n1c(NS(=O)(=O)C(C)C(OC(C)C)c2ncc(Cl)cn2)nnc1-c1cncc(C)c1. The normalized spacial score (nSPS) is 13.8. The average molecular weight is 554 g/mol. The van der Waals surface area contributed by atoms with Crippen LogP contribution in [0.2, 0.25) is 5.02 Å². The quantitative estimate of drug-likeness (QED) is 0.335. The molecule has 37 heavy (non-hydrogen) atoms. The Morgan fingerprint density at radius 1 is 1.03 bits per heavy atom. The monoisotopic (exact) mass is 553 g/mol. The maximum Gasteiger partial charge on any atom is 0.240 e. The van der Waals surface area contributed by atoms with Crippen molar-refractivity contribution in [2.24, 2.45) is 0 Å². The number of sulfonamides is 1. The number of pyridine rings is 1. The van der Waals surface area contributed by atoms with Gasteiger partial charge in [-0.25, -0.2) is 18.4 Å². The highest BCUT2D eigenvalue weighted by molar-refractivity contribution is 7.93. The van der Waals surface area contributed by atoms with Gasteiger partial charge in [-0.1, -0.05) is 11.6 Å². The van der Waals surface area contributed by atoms with E-state index in [-0.39, 0.29) is 31.1 Å². The first kappa shape index (κ1) is 28.9. The number of aryl methyl sites for hydroxylation is 1. The van der Waals surface area contributed by atoms with Gasteiger partial charge in [0.25, 0.3) is 0 Å². The van der Waals surface area contributed by atoms with Crippen molar-refractivity contribution in [3.05, 3.63) is 47.3 Å². The van der Waals surface area contributed by atoms with Gasteiger partial charge in [-0.2, -0.15) is 0 Å². The smallest absolute Gasteiger partial charge is 0.240 e. The molecule has 2 unspecified atom stereocenters. The van der Waals surface area contributed by atoms with Crippen molar-refractivity contribution in [3.8, 4) is 11.4 Å². The standard InChI is InChI=1S/C23H32ClN7O5S/c1-14(2)36-20(21-26-10-18(24)11-27-21)16(4)37(32,33)30-23-29-28-22(17-7-15(3)8-25-9-17)31(23)19(12-34-5)13-35-6/h7-11,14,16,19-20H,12-13H2,1-6H3,(H,29,30). The van der Waals surface area contributed by atoms with Gasteiger partial charge in [-0.15, -0.1) is 10.2 Å². The third-order valence-corrected chi connectivity index (χ3v) is 7.26. The Morgan fingerprint density at radius 2 is 1.68 bits per heavy atom. The Bertz CT molecular complexity index is 1260. The molecule has 0 aliphatic rings. The fraction of sp³-hybridized carbons (Fsp3) is 0.522. The van der Waals surface area contributed by atoms with E-state index < -0.39 is 27.4 Å². The van der Waals surface area contributed by atoms with Gasteiger partial charge in [0, 0.05) is 44.6 Å². The van der Waals surface area contributed by atoms with Crippen LogP contribution in [0.3, 0.4) is 0 Å². The fourth-order valence-corrected chi connectivity index (χ4v) is 4.88. The predicted molar refractivity (Wildman–Crippen MR) is 139 cm³/mol. The first-order chi connectivity index (χ1) is 17.6. The number of hydrogen-bond acceptors (Lipinski definition) is 10. The molecular formula is C23H32ClN7O5S. The molecule has 0 bridgehead atoms. The molecule has 14 heteroatoms. The molecular weight excluding hydrogens is 522 g/mol. The summed E-state index contributed by atoms with van der Waals surface area (Å²) < 4.78 is 48.2. The largest absolute Gasteiger partial charge is 0.382 e. The van der Waals surface area contributed by atoms with Gasteiger partial charge >= 0.3 is 0 Å². The Kier molecular flexibility index (Phi) is 9.90. The number of nitrogens with one attached hydrogen (secondary N) is 1. The molecule has 0 saturated heterocycles. The zero-order valence-corrected chi connectivity index (χ0v) is 23.2. The molecule has 0 aromatic carbocycles. The summed E-state index contributed by atoms with van der Waals surface area (Å²) in [5.41, 5.74) is 1.58. The highest BCUT2D eigenvalue weighted by Gasteiger charge is 2.36. The minimum Gasteiger partial charge on any atom is -0.382 e. The molecule has 12 nitrogen and oxygen atoms in total. The van der Waals surface area contributed by atoms with E-state index in [9.17, 15) is 8.42 Å². The molecule has 0 saturated carbocycles. The average Bonchev–Trinajstić information content (AvgIpc) is 3.25. The van der Waals surface area contributed by atoms with Crippen LogP contribution in [0, 0.1) is 6.92 Å². The minimum atomic E-state index is -4.09. The molecule has 3 heterocycles. The van der Waals surface area contributed by atoms with E-state index in [4.69, 9.17) is 25.8 Å². The molecule has 3 rings (SSSR count). The Balaban J connectivity index is 2.04. The van der Waals surface area contributed by atoms with Crippen LogP contribution >= 0.6 is 11.6 Å². The number of ether oxygens (including phenoxy) is 3. The molecule has 0 fully saturated rings. The van der Waals surface area contributed by atoms with Gasteiger partial charge in [-0.3, -0.25) is 14.3 Å². The molecule has 0 aliphatic carbocycles. The van der Waals surface area contributed by atoms with Crippen molar-refractivity contribution in [1.29, 1.82) is 0 Å². The second kappa shape index (κ2) is 12.7. The summed E-state index contributed by atoms with van der Waals surface area (Å²) in [6.45, 7) is 7.46. The van der Waals surface area contributed by atoms with Crippen LogP contribution in [0.4, 0.5) is 5.95 Å². The van der Waals surface area contributed by atoms with Crippen LogP contribution in [0.25, 0.3) is 11.4 Å². The van der Waals surface area contributed by atoms with Crippen molar-refractivity contribution >= 4 is 27.6 Å².